The zero-order valence-corrected chi connectivity index (χ0v) is 11.1. The van der Waals surface area contributed by atoms with Crippen LogP contribution in [0.3, 0.4) is 0 Å². The molecule has 5 nitrogen and oxygen atoms in total. The highest BCUT2D eigenvalue weighted by Gasteiger charge is 2.34. The summed E-state index contributed by atoms with van der Waals surface area (Å²) in [7, 11) is 0. The first-order chi connectivity index (χ1) is 8.24. The molecule has 0 amide bonds. The zero-order valence-electron chi connectivity index (χ0n) is 9.47. The highest BCUT2D eigenvalue weighted by Crippen LogP contribution is 2.29. The van der Waals surface area contributed by atoms with Gasteiger partial charge in [0.15, 0.2) is 5.82 Å². The van der Waals surface area contributed by atoms with Crippen LogP contribution in [0.1, 0.15) is 24.8 Å². The molecule has 92 valence electrons. The molecule has 3 rings (SSSR count). The molecular formula is C11H15BrN4O. The molecule has 2 aliphatic heterocycles. The third-order valence-corrected chi connectivity index (χ3v) is 4.08. The van der Waals surface area contributed by atoms with Crippen LogP contribution in [0.15, 0.2) is 10.7 Å². The van der Waals surface area contributed by atoms with Gasteiger partial charge in [0, 0.05) is 18.8 Å². The summed E-state index contributed by atoms with van der Waals surface area (Å²) < 4.78 is 6.57. The Hall–Kier alpha value is -0.720. The topological polar surface area (TPSA) is 64.3 Å². The third-order valence-electron chi connectivity index (χ3n) is 3.47. The molecule has 2 unspecified atom stereocenters. The fourth-order valence-electron chi connectivity index (χ4n) is 2.52. The molecule has 2 saturated heterocycles. The minimum absolute atomic E-state index is 0.0419. The molecule has 0 aliphatic carbocycles. The Kier molecular flexibility index (Phi) is 3.02. The molecule has 2 aliphatic rings. The van der Waals surface area contributed by atoms with Crippen LogP contribution in [-0.2, 0) is 4.74 Å². The predicted molar refractivity (Wildman–Crippen MR) is 67.4 cm³/mol. The normalized spacial score (nSPS) is 29.2. The molecule has 0 radical (unpaired) electrons. The second-order valence-electron chi connectivity index (χ2n) is 4.57. The first kappa shape index (κ1) is 11.4. The van der Waals surface area contributed by atoms with E-state index >= 15 is 0 Å². The van der Waals surface area contributed by atoms with Gasteiger partial charge in [-0.1, -0.05) is 0 Å². The van der Waals surface area contributed by atoms with E-state index in [1.54, 1.807) is 6.20 Å². The SMILES string of the molecule is Nc1nc(C2CN3CCCC3CO2)ncc1Br. The molecule has 2 fully saturated rings. The van der Waals surface area contributed by atoms with Crippen molar-refractivity contribution < 1.29 is 4.74 Å². The Bertz CT molecular complexity index is 428. The average Bonchev–Trinajstić information content (AvgIpc) is 2.79. The molecule has 0 aromatic carbocycles. The van der Waals surface area contributed by atoms with Crippen molar-refractivity contribution in [2.75, 3.05) is 25.4 Å². The van der Waals surface area contributed by atoms with Gasteiger partial charge in [-0.05, 0) is 35.3 Å². The summed E-state index contributed by atoms with van der Waals surface area (Å²) in [6.45, 7) is 2.83. The van der Waals surface area contributed by atoms with Crippen molar-refractivity contribution in [1.82, 2.24) is 14.9 Å². The van der Waals surface area contributed by atoms with Gasteiger partial charge in [-0.25, -0.2) is 9.97 Å². The van der Waals surface area contributed by atoms with Crippen molar-refractivity contribution in [3.63, 3.8) is 0 Å². The highest BCUT2D eigenvalue weighted by atomic mass is 79.9. The van der Waals surface area contributed by atoms with Crippen LogP contribution in [0, 0.1) is 0 Å². The van der Waals surface area contributed by atoms with Gasteiger partial charge in [0.2, 0.25) is 0 Å². The van der Waals surface area contributed by atoms with Gasteiger partial charge < -0.3 is 10.5 Å². The van der Waals surface area contributed by atoms with E-state index in [0.717, 1.165) is 24.2 Å². The van der Waals surface area contributed by atoms with Crippen LogP contribution < -0.4 is 5.73 Å². The number of morpholine rings is 1. The lowest BCUT2D eigenvalue weighted by molar-refractivity contribution is -0.0540. The average molecular weight is 299 g/mol. The minimum Gasteiger partial charge on any atom is -0.383 e. The van der Waals surface area contributed by atoms with E-state index in [2.05, 4.69) is 30.8 Å². The number of halogens is 1. The van der Waals surface area contributed by atoms with E-state index in [1.807, 2.05) is 0 Å². The maximum absolute atomic E-state index is 5.84. The van der Waals surface area contributed by atoms with Crippen molar-refractivity contribution in [3.8, 4) is 0 Å². The summed E-state index contributed by atoms with van der Waals surface area (Å²) in [5.74, 6) is 1.16. The summed E-state index contributed by atoms with van der Waals surface area (Å²) in [6.07, 6.45) is 4.16. The van der Waals surface area contributed by atoms with Gasteiger partial charge in [-0.3, -0.25) is 4.90 Å². The van der Waals surface area contributed by atoms with Crippen LogP contribution in [0.4, 0.5) is 5.82 Å². The molecule has 17 heavy (non-hydrogen) atoms. The Balaban J connectivity index is 1.78. The second-order valence-corrected chi connectivity index (χ2v) is 5.43. The second kappa shape index (κ2) is 4.51. The summed E-state index contributed by atoms with van der Waals surface area (Å²) >= 11 is 3.30. The standard InChI is InChI=1S/C11H15BrN4O/c12-8-4-14-11(15-10(8)13)9-5-16-3-1-2-7(16)6-17-9/h4,7,9H,1-3,5-6H2,(H2,13,14,15). The molecule has 2 atom stereocenters. The Labute approximate surface area is 108 Å². The summed E-state index contributed by atoms with van der Waals surface area (Å²) in [5, 5.41) is 0. The van der Waals surface area contributed by atoms with Gasteiger partial charge in [-0.15, -0.1) is 0 Å². The largest absolute Gasteiger partial charge is 0.383 e. The van der Waals surface area contributed by atoms with Crippen LogP contribution in [0.2, 0.25) is 0 Å². The van der Waals surface area contributed by atoms with Crippen molar-refractivity contribution in [2.24, 2.45) is 0 Å². The molecule has 0 spiro atoms. The number of ether oxygens (including phenoxy) is 1. The fraction of sp³-hybridized carbons (Fsp3) is 0.636. The number of hydrogen-bond acceptors (Lipinski definition) is 5. The van der Waals surface area contributed by atoms with Crippen molar-refractivity contribution in [1.29, 1.82) is 0 Å². The lowest BCUT2D eigenvalue weighted by atomic mass is 10.2. The maximum atomic E-state index is 5.84. The minimum atomic E-state index is -0.0419. The zero-order chi connectivity index (χ0) is 11.8. The fourth-order valence-corrected chi connectivity index (χ4v) is 2.71. The van der Waals surface area contributed by atoms with Crippen molar-refractivity contribution in [3.05, 3.63) is 16.5 Å². The van der Waals surface area contributed by atoms with E-state index in [0.29, 0.717) is 17.7 Å². The number of nitrogens with two attached hydrogens (primary N) is 1. The Morgan fingerprint density at radius 2 is 2.41 bits per heavy atom. The molecule has 3 heterocycles. The van der Waals surface area contributed by atoms with Crippen LogP contribution in [0.25, 0.3) is 0 Å². The molecule has 6 heteroatoms. The molecule has 1 aromatic heterocycles. The molecular weight excluding hydrogens is 284 g/mol. The van der Waals surface area contributed by atoms with E-state index in [-0.39, 0.29) is 6.10 Å². The maximum Gasteiger partial charge on any atom is 0.160 e. The highest BCUT2D eigenvalue weighted by molar-refractivity contribution is 9.10. The van der Waals surface area contributed by atoms with Gasteiger partial charge in [0.05, 0.1) is 11.1 Å². The first-order valence-corrected chi connectivity index (χ1v) is 6.67. The molecule has 0 saturated carbocycles. The van der Waals surface area contributed by atoms with E-state index < -0.39 is 0 Å². The van der Waals surface area contributed by atoms with Crippen LogP contribution in [0.5, 0.6) is 0 Å². The number of nitrogen functional groups attached to an aromatic ring is 1. The van der Waals surface area contributed by atoms with E-state index in [1.165, 1.54) is 12.8 Å². The Morgan fingerprint density at radius 3 is 3.24 bits per heavy atom. The molecule has 2 N–H and O–H groups in total. The lowest BCUT2D eigenvalue weighted by Gasteiger charge is -2.34. The number of rotatable bonds is 1. The van der Waals surface area contributed by atoms with Gasteiger partial charge in [0.1, 0.15) is 11.9 Å². The Morgan fingerprint density at radius 1 is 1.53 bits per heavy atom. The molecule has 1 aromatic rings. The lowest BCUT2D eigenvalue weighted by Crippen LogP contribution is -2.42. The quantitative estimate of drug-likeness (QED) is 0.848. The number of hydrogen-bond donors (Lipinski definition) is 1. The van der Waals surface area contributed by atoms with Crippen LogP contribution in [-0.4, -0.2) is 40.6 Å². The number of aromatic nitrogens is 2. The van der Waals surface area contributed by atoms with Crippen LogP contribution >= 0.6 is 15.9 Å². The first-order valence-electron chi connectivity index (χ1n) is 5.87. The van der Waals surface area contributed by atoms with Gasteiger partial charge in [-0.2, -0.15) is 0 Å². The van der Waals surface area contributed by atoms with E-state index in [9.17, 15) is 0 Å². The van der Waals surface area contributed by atoms with Gasteiger partial charge >= 0.3 is 0 Å². The van der Waals surface area contributed by atoms with Gasteiger partial charge in [0.25, 0.3) is 0 Å². The molecule has 0 bridgehead atoms. The van der Waals surface area contributed by atoms with Crippen molar-refractivity contribution >= 4 is 21.7 Å². The summed E-state index contributed by atoms with van der Waals surface area (Å²) in [6, 6.07) is 0.596. The smallest absolute Gasteiger partial charge is 0.160 e. The number of anilines is 1. The van der Waals surface area contributed by atoms with Crippen molar-refractivity contribution in [2.45, 2.75) is 25.0 Å². The number of fused-ring (bicyclic) bond motifs is 1. The third kappa shape index (κ3) is 2.17. The monoisotopic (exact) mass is 298 g/mol. The summed E-state index contributed by atoms with van der Waals surface area (Å²) in [5.41, 5.74) is 5.77. The predicted octanol–water partition coefficient (Wildman–Crippen LogP) is 1.36. The number of nitrogens with zero attached hydrogens (tertiary/aromatic N) is 3. The summed E-state index contributed by atoms with van der Waals surface area (Å²) in [4.78, 5) is 11.0. The van der Waals surface area contributed by atoms with E-state index in [4.69, 9.17) is 10.5 Å².